The predicted molar refractivity (Wildman–Crippen MR) is 86.2 cm³/mol. The fourth-order valence-corrected chi connectivity index (χ4v) is 8.41. The summed E-state index contributed by atoms with van der Waals surface area (Å²) in [5, 5.41) is 5.05. The van der Waals surface area contributed by atoms with Crippen molar-refractivity contribution in [3.8, 4) is 0 Å². The van der Waals surface area contributed by atoms with E-state index in [4.69, 9.17) is 0 Å². The topological polar surface area (TPSA) is 0 Å². The molecule has 0 aliphatic heterocycles. The van der Waals surface area contributed by atoms with Crippen molar-refractivity contribution in [3.63, 3.8) is 0 Å². The summed E-state index contributed by atoms with van der Waals surface area (Å²) in [7, 11) is -1.15. The molecule has 0 aromatic heterocycles. The van der Waals surface area contributed by atoms with Crippen molar-refractivity contribution in [1.82, 2.24) is 0 Å². The SMILES string of the molecule is CP(C)c1cccc([Si](C)(C)C)c1P(C)C. The van der Waals surface area contributed by atoms with Crippen LogP contribution in [-0.4, -0.2) is 34.7 Å². The molecule has 0 unspecified atom stereocenters. The van der Waals surface area contributed by atoms with Crippen LogP contribution in [0.3, 0.4) is 0 Å². The van der Waals surface area contributed by atoms with Crippen LogP contribution in [0.1, 0.15) is 0 Å². The van der Waals surface area contributed by atoms with Crippen molar-refractivity contribution < 1.29 is 0 Å². The Balaban J connectivity index is 3.45. The minimum atomic E-state index is -1.19. The van der Waals surface area contributed by atoms with Gasteiger partial charge in [0.2, 0.25) is 0 Å². The summed E-state index contributed by atoms with van der Waals surface area (Å²) in [5.74, 6) is 0. The van der Waals surface area contributed by atoms with Gasteiger partial charge in [-0.25, -0.2) is 0 Å². The third-order valence-corrected chi connectivity index (χ3v) is 7.88. The molecule has 0 heterocycles. The Bertz CT molecular complexity index is 365. The van der Waals surface area contributed by atoms with Crippen LogP contribution in [0, 0.1) is 0 Å². The molecule has 0 saturated heterocycles. The highest BCUT2D eigenvalue weighted by atomic mass is 31.1. The Morgan fingerprint density at radius 3 is 1.81 bits per heavy atom. The Morgan fingerprint density at radius 1 is 0.875 bits per heavy atom. The van der Waals surface area contributed by atoms with Crippen LogP contribution in [-0.2, 0) is 0 Å². The third-order valence-electron chi connectivity index (χ3n) is 2.75. The van der Waals surface area contributed by atoms with Crippen LogP contribution >= 0.6 is 15.8 Å². The van der Waals surface area contributed by atoms with E-state index in [2.05, 4.69) is 64.5 Å². The van der Waals surface area contributed by atoms with Crippen molar-refractivity contribution in [2.75, 3.05) is 26.7 Å². The van der Waals surface area contributed by atoms with Gasteiger partial charge in [-0.05, 0) is 37.3 Å². The lowest BCUT2D eigenvalue weighted by atomic mass is 10.4. The molecule has 0 N–H and O–H groups in total. The van der Waals surface area contributed by atoms with Crippen molar-refractivity contribution in [1.29, 1.82) is 0 Å². The van der Waals surface area contributed by atoms with Gasteiger partial charge in [-0.15, -0.1) is 0 Å². The molecule has 1 aromatic carbocycles. The Hall–Kier alpha value is 0.297. The predicted octanol–water partition coefficient (Wildman–Crippen LogP) is 2.97. The number of benzene rings is 1. The van der Waals surface area contributed by atoms with E-state index in [1.165, 1.54) is 0 Å². The van der Waals surface area contributed by atoms with E-state index < -0.39 is 8.07 Å². The third kappa shape index (κ3) is 3.16. The smallest absolute Gasteiger partial charge is 0.0784 e. The summed E-state index contributed by atoms with van der Waals surface area (Å²) in [5.41, 5.74) is 0. The van der Waals surface area contributed by atoms with Crippen molar-refractivity contribution >= 4 is 39.7 Å². The first kappa shape index (κ1) is 14.4. The Kier molecular flexibility index (Phi) is 4.75. The molecule has 0 spiro atoms. The lowest BCUT2D eigenvalue weighted by molar-refractivity contribution is 1.73. The average molecular weight is 270 g/mol. The molecule has 0 nitrogen and oxygen atoms in total. The lowest BCUT2D eigenvalue weighted by Crippen LogP contribution is -2.50. The Morgan fingerprint density at radius 2 is 1.44 bits per heavy atom. The fourth-order valence-electron chi connectivity index (χ4n) is 1.97. The number of hydrogen-bond acceptors (Lipinski definition) is 0. The molecule has 0 saturated carbocycles. The molecule has 0 aliphatic carbocycles. The van der Waals surface area contributed by atoms with Crippen LogP contribution in [0.15, 0.2) is 18.2 Å². The van der Waals surface area contributed by atoms with Gasteiger partial charge >= 0.3 is 0 Å². The van der Waals surface area contributed by atoms with Gasteiger partial charge < -0.3 is 0 Å². The van der Waals surface area contributed by atoms with E-state index in [-0.39, 0.29) is 15.8 Å². The molecular weight excluding hydrogens is 246 g/mol. The standard InChI is InChI=1S/C13H24P2Si/c1-14(2)11-9-8-10-12(16(5,6)7)13(11)15(3)4/h8-10H,1-7H3. The van der Waals surface area contributed by atoms with E-state index in [0.29, 0.717) is 0 Å². The molecule has 0 atom stereocenters. The zero-order chi connectivity index (χ0) is 12.5. The first-order valence-electron chi connectivity index (χ1n) is 5.73. The molecule has 90 valence electrons. The highest BCUT2D eigenvalue weighted by Crippen LogP contribution is 2.30. The Labute approximate surface area is 104 Å². The van der Waals surface area contributed by atoms with Gasteiger partial charge in [0.25, 0.3) is 0 Å². The maximum Gasteiger partial charge on any atom is 0.0784 e. The van der Waals surface area contributed by atoms with E-state index in [1.807, 2.05) is 0 Å². The fraction of sp³-hybridized carbons (Fsp3) is 0.538. The molecular formula is C13H24P2Si. The minimum absolute atomic E-state index is 0.0170. The van der Waals surface area contributed by atoms with Crippen LogP contribution in [0.2, 0.25) is 19.6 Å². The summed E-state index contributed by atoms with van der Waals surface area (Å²) in [6.07, 6.45) is 0. The summed E-state index contributed by atoms with van der Waals surface area (Å²) in [6.45, 7) is 16.9. The maximum absolute atomic E-state index is 2.46. The first-order valence-corrected chi connectivity index (χ1v) is 13.7. The summed E-state index contributed by atoms with van der Waals surface area (Å²) >= 11 is 0. The van der Waals surface area contributed by atoms with Crippen LogP contribution in [0.4, 0.5) is 0 Å². The van der Waals surface area contributed by atoms with E-state index in [1.54, 1.807) is 15.8 Å². The van der Waals surface area contributed by atoms with E-state index in [9.17, 15) is 0 Å². The second-order valence-electron chi connectivity index (χ2n) is 5.71. The van der Waals surface area contributed by atoms with Crippen LogP contribution in [0.25, 0.3) is 0 Å². The normalized spacial score (nSPS) is 12.6. The molecule has 1 aromatic rings. The van der Waals surface area contributed by atoms with Crippen LogP contribution in [0.5, 0.6) is 0 Å². The highest BCUT2D eigenvalue weighted by Gasteiger charge is 2.23. The molecule has 3 heteroatoms. The number of hydrogen-bond donors (Lipinski definition) is 0. The zero-order valence-corrected chi connectivity index (χ0v) is 14.4. The van der Waals surface area contributed by atoms with Gasteiger partial charge in [0.15, 0.2) is 0 Å². The van der Waals surface area contributed by atoms with E-state index >= 15 is 0 Å². The monoisotopic (exact) mass is 270 g/mol. The van der Waals surface area contributed by atoms with Crippen molar-refractivity contribution in [3.05, 3.63) is 18.2 Å². The molecule has 0 fully saturated rings. The van der Waals surface area contributed by atoms with Gasteiger partial charge in [-0.3, -0.25) is 0 Å². The van der Waals surface area contributed by atoms with Gasteiger partial charge in [-0.1, -0.05) is 58.9 Å². The minimum Gasteiger partial charge on any atom is -0.0811 e. The molecule has 1 rings (SSSR count). The second-order valence-corrected chi connectivity index (χ2v) is 15.3. The largest absolute Gasteiger partial charge is 0.0811 e. The number of rotatable bonds is 3. The van der Waals surface area contributed by atoms with Gasteiger partial charge in [0.05, 0.1) is 8.07 Å². The first-order chi connectivity index (χ1) is 7.25. The molecule has 0 amide bonds. The van der Waals surface area contributed by atoms with E-state index in [0.717, 1.165) is 0 Å². The maximum atomic E-state index is 2.46. The molecule has 16 heavy (non-hydrogen) atoms. The second kappa shape index (κ2) is 5.30. The van der Waals surface area contributed by atoms with Gasteiger partial charge in [0, 0.05) is 0 Å². The summed E-state index contributed by atoms with van der Waals surface area (Å²) < 4.78 is 0. The van der Waals surface area contributed by atoms with Gasteiger partial charge in [0.1, 0.15) is 0 Å². The van der Waals surface area contributed by atoms with Gasteiger partial charge in [-0.2, -0.15) is 0 Å². The molecule has 0 radical (unpaired) electrons. The van der Waals surface area contributed by atoms with Crippen molar-refractivity contribution in [2.45, 2.75) is 19.6 Å². The quantitative estimate of drug-likeness (QED) is 0.585. The van der Waals surface area contributed by atoms with Crippen molar-refractivity contribution in [2.24, 2.45) is 0 Å². The highest BCUT2D eigenvalue weighted by molar-refractivity contribution is 7.71. The lowest BCUT2D eigenvalue weighted by Gasteiger charge is -2.27. The molecule has 0 aliphatic rings. The summed E-state index contributed by atoms with van der Waals surface area (Å²) in [6, 6.07) is 7.01. The molecule has 0 bridgehead atoms. The van der Waals surface area contributed by atoms with Crippen LogP contribution < -0.4 is 15.8 Å². The zero-order valence-electron chi connectivity index (χ0n) is 11.6. The average Bonchev–Trinajstić information content (AvgIpc) is 2.14. The summed E-state index contributed by atoms with van der Waals surface area (Å²) in [4.78, 5) is 0.